The Bertz CT molecular complexity index is 373. The van der Waals surface area contributed by atoms with Crippen LogP contribution in [-0.2, 0) is 14.3 Å². The van der Waals surface area contributed by atoms with E-state index >= 15 is 0 Å². The number of hydrogen-bond donors (Lipinski definition) is 2. The zero-order chi connectivity index (χ0) is 13.8. The summed E-state index contributed by atoms with van der Waals surface area (Å²) < 4.78 is 5.54. The first-order valence-corrected chi connectivity index (χ1v) is 6.00. The molecule has 2 N–H and O–H groups in total. The molecular formula is C12H19N3O3. The Morgan fingerprint density at radius 1 is 1.44 bits per heavy atom. The van der Waals surface area contributed by atoms with E-state index in [0.29, 0.717) is 13.0 Å². The highest BCUT2D eigenvalue weighted by Gasteiger charge is 2.49. The smallest absolute Gasteiger partial charge is 0.310 e. The molecule has 0 aliphatic heterocycles. The maximum absolute atomic E-state index is 11.5. The summed E-state index contributed by atoms with van der Waals surface area (Å²) in [6, 6.07) is 1.67. The summed E-state index contributed by atoms with van der Waals surface area (Å²) in [6.07, 6.45) is 0.813. The SMILES string of the molecule is CCOC1CC(NC(=O)C(=O)NCC#N)C1(C)C. The van der Waals surface area contributed by atoms with Crippen molar-refractivity contribution in [1.82, 2.24) is 10.6 Å². The summed E-state index contributed by atoms with van der Waals surface area (Å²) >= 11 is 0. The average Bonchev–Trinajstić information content (AvgIpc) is 2.34. The van der Waals surface area contributed by atoms with Gasteiger partial charge in [0.1, 0.15) is 6.54 Å². The van der Waals surface area contributed by atoms with Crippen molar-refractivity contribution in [3.8, 4) is 6.07 Å². The van der Waals surface area contributed by atoms with Gasteiger partial charge in [0.05, 0.1) is 12.2 Å². The van der Waals surface area contributed by atoms with Crippen molar-refractivity contribution >= 4 is 11.8 Å². The first kappa shape index (κ1) is 14.5. The van der Waals surface area contributed by atoms with Gasteiger partial charge in [-0.25, -0.2) is 0 Å². The van der Waals surface area contributed by atoms with Crippen molar-refractivity contribution in [1.29, 1.82) is 5.26 Å². The van der Waals surface area contributed by atoms with Crippen molar-refractivity contribution in [2.45, 2.75) is 39.3 Å². The third-order valence-corrected chi connectivity index (χ3v) is 3.39. The number of carbonyl (C=O) groups excluding carboxylic acids is 2. The van der Waals surface area contributed by atoms with Crippen LogP contribution in [0.2, 0.25) is 0 Å². The third kappa shape index (κ3) is 2.99. The Morgan fingerprint density at radius 2 is 2.11 bits per heavy atom. The number of amides is 2. The number of rotatable bonds is 4. The fourth-order valence-corrected chi connectivity index (χ4v) is 2.04. The van der Waals surface area contributed by atoms with E-state index in [9.17, 15) is 9.59 Å². The second-order valence-electron chi connectivity index (χ2n) is 4.87. The van der Waals surface area contributed by atoms with Gasteiger partial charge in [-0.05, 0) is 13.3 Å². The highest BCUT2D eigenvalue weighted by Crippen LogP contribution is 2.42. The predicted molar refractivity (Wildman–Crippen MR) is 64.4 cm³/mol. The molecule has 100 valence electrons. The summed E-state index contributed by atoms with van der Waals surface area (Å²) in [6.45, 7) is 6.39. The van der Waals surface area contributed by atoms with Gasteiger partial charge in [-0.1, -0.05) is 13.8 Å². The molecule has 0 saturated heterocycles. The molecule has 2 amide bonds. The van der Waals surface area contributed by atoms with Crippen molar-refractivity contribution in [3.05, 3.63) is 0 Å². The van der Waals surface area contributed by atoms with Crippen LogP contribution < -0.4 is 10.6 Å². The lowest BCUT2D eigenvalue weighted by molar-refractivity contribution is -0.146. The van der Waals surface area contributed by atoms with Crippen molar-refractivity contribution in [2.75, 3.05) is 13.2 Å². The van der Waals surface area contributed by atoms with Crippen molar-refractivity contribution in [2.24, 2.45) is 5.41 Å². The maximum atomic E-state index is 11.5. The molecule has 0 heterocycles. The molecular weight excluding hydrogens is 234 g/mol. The highest BCUT2D eigenvalue weighted by atomic mass is 16.5. The number of hydrogen-bond acceptors (Lipinski definition) is 4. The average molecular weight is 253 g/mol. The van der Waals surface area contributed by atoms with Crippen LogP contribution in [0.5, 0.6) is 0 Å². The van der Waals surface area contributed by atoms with E-state index in [4.69, 9.17) is 10.00 Å². The van der Waals surface area contributed by atoms with Crippen LogP contribution >= 0.6 is 0 Å². The van der Waals surface area contributed by atoms with Gasteiger partial charge in [0.15, 0.2) is 0 Å². The first-order valence-electron chi connectivity index (χ1n) is 6.00. The van der Waals surface area contributed by atoms with E-state index in [1.807, 2.05) is 20.8 Å². The number of nitrogens with one attached hydrogen (secondary N) is 2. The zero-order valence-electron chi connectivity index (χ0n) is 10.9. The maximum Gasteiger partial charge on any atom is 0.310 e. The third-order valence-electron chi connectivity index (χ3n) is 3.39. The monoisotopic (exact) mass is 253 g/mol. The first-order chi connectivity index (χ1) is 8.43. The molecule has 0 aromatic rings. The minimum absolute atomic E-state index is 0.0746. The minimum atomic E-state index is -0.771. The van der Waals surface area contributed by atoms with Gasteiger partial charge in [0, 0.05) is 18.1 Å². The van der Waals surface area contributed by atoms with Crippen LogP contribution in [0.1, 0.15) is 27.2 Å². The summed E-state index contributed by atoms with van der Waals surface area (Å²) in [5.41, 5.74) is -0.179. The molecule has 6 nitrogen and oxygen atoms in total. The Morgan fingerprint density at radius 3 is 2.61 bits per heavy atom. The molecule has 0 aromatic heterocycles. The summed E-state index contributed by atoms with van der Waals surface area (Å²) in [4.78, 5) is 22.8. The standard InChI is InChI=1S/C12H19N3O3/c1-4-18-9-7-8(12(9,2)3)15-11(17)10(16)14-6-5-13/h8-9H,4,6-7H2,1-3H3,(H,14,16)(H,15,17). The summed E-state index contributed by atoms with van der Waals surface area (Å²) in [7, 11) is 0. The number of carbonyl (C=O) groups is 2. The van der Waals surface area contributed by atoms with E-state index in [1.54, 1.807) is 6.07 Å². The Labute approximate surface area is 107 Å². The van der Waals surface area contributed by atoms with Gasteiger partial charge in [-0.15, -0.1) is 0 Å². The largest absolute Gasteiger partial charge is 0.378 e. The molecule has 2 atom stereocenters. The molecule has 0 spiro atoms. The molecule has 1 saturated carbocycles. The van der Waals surface area contributed by atoms with Crippen LogP contribution in [0.4, 0.5) is 0 Å². The van der Waals surface area contributed by atoms with Crippen LogP contribution in [-0.4, -0.2) is 37.1 Å². The fraction of sp³-hybridized carbons (Fsp3) is 0.750. The molecule has 1 rings (SSSR count). The lowest BCUT2D eigenvalue weighted by Gasteiger charge is -2.51. The second-order valence-corrected chi connectivity index (χ2v) is 4.87. The van der Waals surface area contributed by atoms with Crippen LogP contribution in [0.3, 0.4) is 0 Å². The van der Waals surface area contributed by atoms with Crippen LogP contribution in [0.25, 0.3) is 0 Å². The number of nitriles is 1. The number of nitrogens with zero attached hydrogens (tertiary/aromatic N) is 1. The molecule has 1 aliphatic rings. The topological polar surface area (TPSA) is 91.2 Å². The lowest BCUT2D eigenvalue weighted by Crippen LogP contribution is -2.63. The zero-order valence-corrected chi connectivity index (χ0v) is 10.9. The molecule has 6 heteroatoms. The normalized spacial score (nSPS) is 24.6. The van der Waals surface area contributed by atoms with E-state index in [0.717, 1.165) is 0 Å². The summed E-state index contributed by atoms with van der Waals surface area (Å²) in [5, 5.41) is 13.2. The van der Waals surface area contributed by atoms with Gasteiger partial charge >= 0.3 is 11.8 Å². The molecule has 1 fully saturated rings. The second kappa shape index (κ2) is 5.83. The Hall–Kier alpha value is -1.61. The Kier molecular flexibility index (Phi) is 4.68. The fourth-order valence-electron chi connectivity index (χ4n) is 2.04. The van der Waals surface area contributed by atoms with Gasteiger partial charge < -0.3 is 15.4 Å². The van der Waals surface area contributed by atoms with Gasteiger partial charge in [-0.2, -0.15) is 5.26 Å². The predicted octanol–water partition coefficient (Wildman–Crippen LogP) is -0.0540. The molecule has 2 unspecified atom stereocenters. The van der Waals surface area contributed by atoms with Gasteiger partial charge in [0.25, 0.3) is 0 Å². The Balaban J connectivity index is 2.43. The van der Waals surface area contributed by atoms with E-state index in [-0.39, 0.29) is 24.1 Å². The molecule has 1 aliphatic carbocycles. The lowest BCUT2D eigenvalue weighted by atomic mass is 9.64. The minimum Gasteiger partial charge on any atom is -0.378 e. The van der Waals surface area contributed by atoms with E-state index in [2.05, 4.69) is 10.6 Å². The van der Waals surface area contributed by atoms with Crippen molar-refractivity contribution in [3.63, 3.8) is 0 Å². The number of ether oxygens (including phenoxy) is 1. The van der Waals surface area contributed by atoms with Crippen molar-refractivity contribution < 1.29 is 14.3 Å². The van der Waals surface area contributed by atoms with Crippen LogP contribution in [0.15, 0.2) is 0 Å². The van der Waals surface area contributed by atoms with Crippen LogP contribution in [0, 0.1) is 16.7 Å². The highest BCUT2D eigenvalue weighted by molar-refractivity contribution is 6.35. The quantitative estimate of drug-likeness (QED) is 0.542. The van der Waals surface area contributed by atoms with Gasteiger partial charge in [0.2, 0.25) is 0 Å². The van der Waals surface area contributed by atoms with E-state index < -0.39 is 11.8 Å². The summed E-state index contributed by atoms with van der Waals surface area (Å²) in [5.74, 6) is -1.47. The van der Waals surface area contributed by atoms with E-state index in [1.165, 1.54) is 0 Å². The molecule has 0 bridgehead atoms. The molecule has 0 aromatic carbocycles. The molecule has 18 heavy (non-hydrogen) atoms. The molecule has 0 radical (unpaired) electrons. The van der Waals surface area contributed by atoms with Gasteiger partial charge in [-0.3, -0.25) is 9.59 Å².